The first-order valence-electron chi connectivity index (χ1n) is 5.16. The first-order chi connectivity index (χ1) is 6.90. The molecule has 2 rings (SSSR count). The van der Waals surface area contributed by atoms with E-state index in [1.54, 1.807) is 11.3 Å². The average Bonchev–Trinajstić information content (AvgIpc) is 2.85. The molecule has 0 amide bonds. The summed E-state index contributed by atoms with van der Waals surface area (Å²) in [4.78, 5) is 4.57. The SMILES string of the molecule is NCCCc1csc(C2CCCO2)n1. The van der Waals surface area contributed by atoms with E-state index in [1.165, 1.54) is 12.1 Å². The Bertz CT molecular complexity index is 281. The van der Waals surface area contributed by atoms with Crippen molar-refractivity contribution < 1.29 is 4.74 Å². The van der Waals surface area contributed by atoms with Crippen LogP contribution in [0.3, 0.4) is 0 Å². The summed E-state index contributed by atoms with van der Waals surface area (Å²) in [6.07, 6.45) is 4.59. The molecule has 2 N–H and O–H groups in total. The first kappa shape index (κ1) is 10.1. The van der Waals surface area contributed by atoms with Crippen LogP contribution in [0.5, 0.6) is 0 Å². The molecule has 1 atom stereocenters. The van der Waals surface area contributed by atoms with E-state index in [2.05, 4.69) is 10.4 Å². The second-order valence-corrected chi connectivity index (χ2v) is 4.46. The molecule has 1 fully saturated rings. The van der Waals surface area contributed by atoms with Crippen molar-refractivity contribution in [1.29, 1.82) is 0 Å². The molecule has 1 aromatic rings. The van der Waals surface area contributed by atoms with Crippen LogP contribution in [0.25, 0.3) is 0 Å². The third kappa shape index (κ3) is 2.32. The molecule has 1 aromatic heterocycles. The van der Waals surface area contributed by atoms with Crippen LogP contribution >= 0.6 is 11.3 Å². The Labute approximate surface area is 88.3 Å². The van der Waals surface area contributed by atoms with Crippen LogP contribution in [0.15, 0.2) is 5.38 Å². The van der Waals surface area contributed by atoms with E-state index in [1.807, 2.05) is 0 Å². The van der Waals surface area contributed by atoms with E-state index >= 15 is 0 Å². The predicted molar refractivity (Wildman–Crippen MR) is 57.4 cm³/mol. The molecule has 3 nitrogen and oxygen atoms in total. The number of hydrogen-bond acceptors (Lipinski definition) is 4. The Morgan fingerprint density at radius 2 is 2.57 bits per heavy atom. The standard InChI is InChI=1S/C10H16N2OS/c11-5-1-3-8-7-14-10(12-8)9-4-2-6-13-9/h7,9H,1-6,11H2. The molecule has 1 unspecified atom stereocenters. The lowest BCUT2D eigenvalue weighted by molar-refractivity contribution is 0.111. The molecular formula is C10H16N2OS. The highest BCUT2D eigenvalue weighted by molar-refractivity contribution is 7.09. The van der Waals surface area contributed by atoms with Crippen LogP contribution in [0, 0.1) is 0 Å². The fraction of sp³-hybridized carbons (Fsp3) is 0.700. The van der Waals surface area contributed by atoms with Crippen molar-refractivity contribution in [2.75, 3.05) is 13.2 Å². The average molecular weight is 212 g/mol. The van der Waals surface area contributed by atoms with Gasteiger partial charge in [-0.15, -0.1) is 11.3 Å². The van der Waals surface area contributed by atoms with Gasteiger partial charge in [-0.3, -0.25) is 0 Å². The maximum Gasteiger partial charge on any atom is 0.122 e. The van der Waals surface area contributed by atoms with Gasteiger partial charge in [0.2, 0.25) is 0 Å². The van der Waals surface area contributed by atoms with Crippen molar-refractivity contribution in [2.45, 2.75) is 31.8 Å². The molecule has 0 saturated carbocycles. The largest absolute Gasteiger partial charge is 0.371 e. The third-order valence-corrected chi connectivity index (χ3v) is 3.40. The van der Waals surface area contributed by atoms with E-state index in [0.717, 1.165) is 37.4 Å². The molecule has 0 aromatic carbocycles. The van der Waals surface area contributed by atoms with Crippen LogP contribution in [0.4, 0.5) is 0 Å². The van der Waals surface area contributed by atoms with Gasteiger partial charge in [0.25, 0.3) is 0 Å². The van der Waals surface area contributed by atoms with E-state index in [9.17, 15) is 0 Å². The van der Waals surface area contributed by atoms with Crippen LogP contribution in [0.2, 0.25) is 0 Å². The Morgan fingerprint density at radius 1 is 1.64 bits per heavy atom. The number of aromatic nitrogens is 1. The predicted octanol–water partition coefficient (Wildman–Crippen LogP) is 1.89. The van der Waals surface area contributed by atoms with Gasteiger partial charge in [-0.05, 0) is 32.2 Å². The molecule has 78 valence electrons. The summed E-state index contributed by atoms with van der Waals surface area (Å²) in [6, 6.07) is 0. The van der Waals surface area contributed by atoms with Crippen LogP contribution in [0.1, 0.15) is 36.1 Å². The quantitative estimate of drug-likeness (QED) is 0.829. The number of nitrogens with zero attached hydrogens (tertiary/aromatic N) is 1. The Morgan fingerprint density at radius 3 is 3.29 bits per heavy atom. The second-order valence-electron chi connectivity index (χ2n) is 3.57. The normalized spacial score (nSPS) is 21.6. The van der Waals surface area contributed by atoms with Gasteiger partial charge in [0.15, 0.2) is 0 Å². The number of aryl methyl sites for hydroxylation is 1. The summed E-state index contributed by atoms with van der Waals surface area (Å²) in [7, 11) is 0. The Hall–Kier alpha value is -0.450. The lowest BCUT2D eigenvalue weighted by Crippen LogP contribution is -2.01. The van der Waals surface area contributed by atoms with Crippen molar-refractivity contribution in [2.24, 2.45) is 5.73 Å². The topological polar surface area (TPSA) is 48.1 Å². The zero-order valence-corrected chi connectivity index (χ0v) is 9.05. The number of nitrogens with two attached hydrogens (primary N) is 1. The van der Waals surface area contributed by atoms with Crippen molar-refractivity contribution in [3.8, 4) is 0 Å². The lowest BCUT2D eigenvalue weighted by atomic mass is 10.2. The van der Waals surface area contributed by atoms with Crippen LogP contribution < -0.4 is 5.73 Å². The minimum atomic E-state index is 0.270. The number of hydrogen-bond donors (Lipinski definition) is 1. The highest BCUT2D eigenvalue weighted by Crippen LogP contribution is 2.30. The molecule has 0 radical (unpaired) electrons. The van der Waals surface area contributed by atoms with Crippen molar-refractivity contribution in [1.82, 2.24) is 4.98 Å². The van der Waals surface area contributed by atoms with Gasteiger partial charge < -0.3 is 10.5 Å². The third-order valence-electron chi connectivity index (χ3n) is 2.41. The number of rotatable bonds is 4. The summed E-state index contributed by atoms with van der Waals surface area (Å²) in [6.45, 7) is 1.63. The van der Waals surface area contributed by atoms with E-state index in [-0.39, 0.29) is 6.10 Å². The maximum atomic E-state index is 5.58. The number of thiazole rings is 1. The summed E-state index contributed by atoms with van der Waals surface area (Å²) in [5.74, 6) is 0. The van der Waals surface area contributed by atoms with Gasteiger partial charge in [0.05, 0.1) is 5.69 Å². The lowest BCUT2D eigenvalue weighted by Gasteiger charge is -2.03. The highest BCUT2D eigenvalue weighted by Gasteiger charge is 2.20. The van der Waals surface area contributed by atoms with Crippen molar-refractivity contribution in [3.63, 3.8) is 0 Å². The zero-order chi connectivity index (χ0) is 9.80. The molecule has 0 spiro atoms. The molecule has 2 heterocycles. The van der Waals surface area contributed by atoms with E-state index in [4.69, 9.17) is 10.5 Å². The molecule has 0 bridgehead atoms. The monoisotopic (exact) mass is 212 g/mol. The molecule has 1 aliphatic heterocycles. The minimum Gasteiger partial charge on any atom is -0.371 e. The van der Waals surface area contributed by atoms with Gasteiger partial charge in [-0.2, -0.15) is 0 Å². The first-order valence-corrected chi connectivity index (χ1v) is 6.04. The van der Waals surface area contributed by atoms with E-state index < -0.39 is 0 Å². The zero-order valence-electron chi connectivity index (χ0n) is 8.24. The molecule has 1 saturated heterocycles. The van der Waals surface area contributed by atoms with Crippen LogP contribution in [-0.2, 0) is 11.2 Å². The highest BCUT2D eigenvalue weighted by atomic mass is 32.1. The summed E-state index contributed by atoms with van der Waals surface area (Å²) in [5, 5.41) is 3.28. The minimum absolute atomic E-state index is 0.270. The molecular weight excluding hydrogens is 196 g/mol. The summed E-state index contributed by atoms with van der Waals surface area (Å²) >= 11 is 1.72. The smallest absolute Gasteiger partial charge is 0.122 e. The number of ether oxygens (including phenoxy) is 1. The van der Waals surface area contributed by atoms with Gasteiger partial charge >= 0.3 is 0 Å². The Kier molecular flexibility index (Phi) is 3.50. The van der Waals surface area contributed by atoms with Crippen molar-refractivity contribution >= 4 is 11.3 Å². The summed E-state index contributed by atoms with van der Waals surface area (Å²) < 4.78 is 5.58. The van der Waals surface area contributed by atoms with Gasteiger partial charge in [-0.25, -0.2) is 4.98 Å². The molecule has 14 heavy (non-hydrogen) atoms. The molecule has 4 heteroatoms. The van der Waals surface area contributed by atoms with Crippen LogP contribution in [-0.4, -0.2) is 18.1 Å². The fourth-order valence-corrected chi connectivity index (χ4v) is 2.58. The Balaban J connectivity index is 1.94. The summed E-state index contributed by atoms with van der Waals surface area (Å²) in [5.41, 5.74) is 6.63. The van der Waals surface area contributed by atoms with Crippen molar-refractivity contribution in [3.05, 3.63) is 16.1 Å². The van der Waals surface area contributed by atoms with Gasteiger partial charge in [-0.1, -0.05) is 0 Å². The van der Waals surface area contributed by atoms with Gasteiger partial charge in [0.1, 0.15) is 11.1 Å². The maximum absolute atomic E-state index is 5.58. The second kappa shape index (κ2) is 4.87. The van der Waals surface area contributed by atoms with E-state index in [0.29, 0.717) is 0 Å². The molecule has 0 aliphatic carbocycles. The molecule has 1 aliphatic rings. The van der Waals surface area contributed by atoms with Gasteiger partial charge in [0, 0.05) is 12.0 Å². The fourth-order valence-electron chi connectivity index (χ4n) is 1.64.